The van der Waals surface area contributed by atoms with E-state index in [1.807, 2.05) is 19.9 Å². The highest BCUT2D eigenvalue weighted by Crippen LogP contribution is 2.24. The van der Waals surface area contributed by atoms with E-state index < -0.39 is 0 Å². The van der Waals surface area contributed by atoms with Gasteiger partial charge in [0.05, 0.1) is 5.69 Å². The Bertz CT molecular complexity index is 483. The van der Waals surface area contributed by atoms with Gasteiger partial charge in [0.1, 0.15) is 0 Å². The molecule has 0 saturated heterocycles. The second kappa shape index (κ2) is 8.96. The van der Waals surface area contributed by atoms with Gasteiger partial charge in [-0.2, -0.15) is 0 Å². The van der Waals surface area contributed by atoms with Crippen LogP contribution < -0.4 is 10.6 Å². The summed E-state index contributed by atoms with van der Waals surface area (Å²) in [5, 5.41) is 15.0. The molecule has 1 unspecified atom stereocenters. The smallest absolute Gasteiger partial charge is 0.319 e. The zero-order valence-corrected chi connectivity index (χ0v) is 14.5. The number of carbonyl (C=O) groups is 1. The summed E-state index contributed by atoms with van der Waals surface area (Å²) in [4.78, 5) is 16.2. The third-order valence-corrected chi connectivity index (χ3v) is 3.71. The minimum absolute atomic E-state index is 0.132. The van der Waals surface area contributed by atoms with Crippen molar-refractivity contribution in [3.63, 3.8) is 0 Å². The Morgan fingerprint density at radius 1 is 1.41 bits per heavy atom. The van der Waals surface area contributed by atoms with Crippen molar-refractivity contribution in [2.75, 3.05) is 18.5 Å². The number of nitrogens with zero attached hydrogens (tertiary/aromatic N) is 1. The molecular weight excluding hydrogens is 302 g/mol. The van der Waals surface area contributed by atoms with Gasteiger partial charge >= 0.3 is 6.03 Å². The molecule has 124 valence electrons. The second-order valence-corrected chi connectivity index (χ2v) is 6.45. The number of hydrogen-bond acceptors (Lipinski definition) is 3. The van der Waals surface area contributed by atoms with E-state index in [4.69, 9.17) is 16.7 Å². The molecule has 3 N–H and O–H groups in total. The first-order chi connectivity index (χ1) is 10.3. The lowest BCUT2D eigenvalue weighted by atomic mass is 9.94. The fraction of sp³-hybridized carbons (Fsp3) is 0.625. The number of amides is 2. The number of nitrogens with one attached hydrogen (secondary N) is 2. The first-order valence-electron chi connectivity index (χ1n) is 7.63. The summed E-state index contributed by atoms with van der Waals surface area (Å²) in [7, 11) is 0. The third-order valence-electron chi connectivity index (χ3n) is 3.43. The molecule has 1 aromatic rings. The normalized spacial score (nSPS) is 12.3. The summed E-state index contributed by atoms with van der Waals surface area (Å²) in [6.07, 6.45) is 1.65. The molecule has 5 nitrogen and oxygen atoms in total. The lowest BCUT2D eigenvalue weighted by Crippen LogP contribution is -2.34. The van der Waals surface area contributed by atoms with Crippen LogP contribution in [0.4, 0.5) is 10.5 Å². The van der Waals surface area contributed by atoms with Gasteiger partial charge in [-0.1, -0.05) is 25.4 Å². The number of rotatable bonds is 7. The molecule has 1 heterocycles. The van der Waals surface area contributed by atoms with Crippen molar-refractivity contribution in [3.05, 3.63) is 22.5 Å². The van der Waals surface area contributed by atoms with Crippen molar-refractivity contribution in [2.24, 2.45) is 11.8 Å². The van der Waals surface area contributed by atoms with Crippen LogP contribution >= 0.6 is 11.6 Å². The van der Waals surface area contributed by atoms with E-state index in [9.17, 15) is 4.79 Å². The number of aliphatic hydroxyl groups is 1. The van der Waals surface area contributed by atoms with Crippen molar-refractivity contribution in [1.29, 1.82) is 0 Å². The number of halogens is 1. The van der Waals surface area contributed by atoms with Crippen LogP contribution in [-0.2, 0) is 0 Å². The summed E-state index contributed by atoms with van der Waals surface area (Å²) in [6, 6.07) is 1.57. The SMILES string of the molecule is Cc1cc(C)c(NC(=O)NCC(CCO)CC(C)C)c(Cl)n1. The Balaban J connectivity index is 2.59. The van der Waals surface area contributed by atoms with Crippen LogP contribution in [0, 0.1) is 25.7 Å². The summed E-state index contributed by atoms with van der Waals surface area (Å²) < 4.78 is 0. The van der Waals surface area contributed by atoms with Crippen molar-refractivity contribution < 1.29 is 9.90 Å². The number of aliphatic hydroxyl groups excluding tert-OH is 1. The zero-order valence-electron chi connectivity index (χ0n) is 13.7. The Morgan fingerprint density at radius 3 is 2.64 bits per heavy atom. The minimum Gasteiger partial charge on any atom is -0.396 e. The summed E-state index contributed by atoms with van der Waals surface area (Å²) in [5.41, 5.74) is 2.22. The molecule has 6 heteroatoms. The summed E-state index contributed by atoms with van der Waals surface area (Å²) in [6.45, 7) is 8.66. The van der Waals surface area contributed by atoms with E-state index in [1.165, 1.54) is 0 Å². The molecule has 0 aromatic carbocycles. The monoisotopic (exact) mass is 327 g/mol. The van der Waals surface area contributed by atoms with Crippen LogP contribution in [0.15, 0.2) is 6.07 Å². The molecule has 0 radical (unpaired) electrons. The van der Waals surface area contributed by atoms with E-state index >= 15 is 0 Å². The zero-order chi connectivity index (χ0) is 16.7. The molecule has 1 atom stereocenters. The predicted octanol–water partition coefficient (Wildman–Crippen LogP) is 3.52. The van der Waals surface area contributed by atoms with Gasteiger partial charge in [0.25, 0.3) is 0 Å². The molecule has 0 saturated carbocycles. The highest BCUT2D eigenvalue weighted by Gasteiger charge is 2.14. The lowest BCUT2D eigenvalue weighted by molar-refractivity contribution is 0.231. The van der Waals surface area contributed by atoms with E-state index in [2.05, 4.69) is 29.5 Å². The maximum atomic E-state index is 12.0. The van der Waals surface area contributed by atoms with Gasteiger partial charge in [-0.15, -0.1) is 0 Å². The first kappa shape index (κ1) is 18.7. The van der Waals surface area contributed by atoms with Gasteiger partial charge in [-0.05, 0) is 50.2 Å². The maximum Gasteiger partial charge on any atom is 0.319 e. The molecule has 0 bridgehead atoms. The van der Waals surface area contributed by atoms with E-state index in [0.717, 1.165) is 17.7 Å². The van der Waals surface area contributed by atoms with Crippen LogP contribution in [0.25, 0.3) is 0 Å². The quantitative estimate of drug-likeness (QED) is 0.671. The van der Waals surface area contributed by atoms with Gasteiger partial charge in [0.15, 0.2) is 5.15 Å². The highest BCUT2D eigenvalue weighted by molar-refractivity contribution is 6.32. The number of anilines is 1. The largest absolute Gasteiger partial charge is 0.396 e. The number of hydrogen-bond donors (Lipinski definition) is 3. The van der Waals surface area contributed by atoms with Gasteiger partial charge in [-0.3, -0.25) is 0 Å². The molecule has 2 amide bonds. The van der Waals surface area contributed by atoms with Crippen molar-refractivity contribution in [2.45, 2.75) is 40.5 Å². The molecule has 0 spiro atoms. The standard InChI is InChI=1S/C16H26ClN3O2/c1-10(2)7-13(5-6-21)9-18-16(22)20-14-11(3)8-12(4)19-15(14)17/h8,10,13,21H,5-7,9H2,1-4H3,(H2,18,20,22). The Hall–Kier alpha value is -1.33. The predicted molar refractivity (Wildman–Crippen MR) is 90.4 cm³/mol. The van der Waals surface area contributed by atoms with Crippen molar-refractivity contribution >= 4 is 23.3 Å². The topological polar surface area (TPSA) is 74.2 Å². The summed E-state index contributed by atoms with van der Waals surface area (Å²) >= 11 is 6.07. The Kier molecular flexibility index (Phi) is 7.62. The third kappa shape index (κ3) is 6.20. The van der Waals surface area contributed by atoms with Crippen LogP contribution in [0.5, 0.6) is 0 Å². The molecule has 1 aromatic heterocycles. The van der Waals surface area contributed by atoms with Gasteiger partial charge in [-0.25, -0.2) is 9.78 Å². The molecule has 0 aliphatic carbocycles. The van der Waals surface area contributed by atoms with E-state index in [0.29, 0.717) is 29.7 Å². The molecule has 22 heavy (non-hydrogen) atoms. The lowest BCUT2D eigenvalue weighted by Gasteiger charge is -2.19. The fourth-order valence-electron chi connectivity index (χ4n) is 2.49. The fourth-order valence-corrected chi connectivity index (χ4v) is 2.82. The number of carbonyl (C=O) groups excluding carboxylic acids is 1. The van der Waals surface area contributed by atoms with E-state index in [1.54, 1.807) is 0 Å². The van der Waals surface area contributed by atoms with Crippen LogP contribution in [0.2, 0.25) is 5.15 Å². The number of aryl methyl sites for hydroxylation is 2. The van der Waals surface area contributed by atoms with Gasteiger partial charge in [0.2, 0.25) is 0 Å². The van der Waals surface area contributed by atoms with E-state index in [-0.39, 0.29) is 18.6 Å². The van der Waals surface area contributed by atoms with Crippen molar-refractivity contribution in [1.82, 2.24) is 10.3 Å². The van der Waals surface area contributed by atoms with Crippen LogP contribution in [-0.4, -0.2) is 29.3 Å². The average Bonchev–Trinajstić information content (AvgIpc) is 2.40. The van der Waals surface area contributed by atoms with Crippen LogP contribution in [0.1, 0.15) is 37.9 Å². The van der Waals surface area contributed by atoms with Crippen LogP contribution in [0.3, 0.4) is 0 Å². The average molecular weight is 328 g/mol. The molecular formula is C16H26ClN3O2. The minimum atomic E-state index is -0.303. The van der Waals surface area contributed by atoms with Gasteiger partial charge in [0, 0.05) is 18.8 Å². The number of pyridine rings is 1. The summed E-state index contributed by atoms with van der Waals surface area (Å²) in [5.74, 6) is 0.794. The molecule has 1 rings (SSSR count). The Labute approximate surface area is 137 Å². The Morgan fingerprint density at radius 2 is 2.09 bits per heavy atom. The molecule has 0 aliphatic heterocycles. The highest BCUT2D eigenvalue weighted by atomic mass is 35.5. The van der Waals surface area contributed by atoms with Gasteiger partial charge < -0.3 is 15.7 Å². The number of aromatic nitrogens is 1. The number of urea groups is 1. The maximum absolute atomic E-state index is 12.0. The van der Waals surface area contributed by atoms with Crippen molar-refractivity contribution in [3.8, 4) is 0 Å². The molecule has 0 aliphatic rings. The molecule has 0 fully saturated rings. The first-order valence-corrected chi connectivity index (χ1v) is 8.00. The second-order valence-electron chi connectivity index (χ2n) is 6.09.